The lowest BCUT2D eigenvalue weighted by atomic mass is 10.1. The van der Waals surface area contributed by atoms with Gasteiger partial charge in [-0.1, -0.05) is 6.07 Å². The van der Waals surface area contributed by atoms with Crippen LogP contribution >= 0.6 is 0 Å². The van der Waals surface area contributed by atoms with Crippen LogP contribution in [0.3, 0.4) is 0 Å². The minimum absolute atomic E-state index is 0.151. The van der Waals surface area contributed by atoms with Crippen LogP contribution in [0, 0.1) is 12.7 Å². The van der Waals surface area contributed by atoms with Gasteiger partial charge >= 0.3 is 0 Å². The number of halogens is 1. The summed E-state index contributed by atoms with van der Waals surface area (Å²) in [4.78, 5) is 0. The maximum Gasteiger partial charge on any atom is 0.134 e. The molecule has 3 heteroatoms. The summed E-state index contributed by atoms with van der Waals surface area (Å²) in [5, 5.41) is 3.10. The predicted molar refractivity (Wildman–Crippen MR) is 66.3 cm³/mol. The third-order valence-corrected chi connectivity index (χ3v) is 2.95. The van der Waals surface area contributed by atoms with E-state index in [1.165, 1.54) is 12.1 Å². The third-order valence-electron chi connectivity index (χ3n) is 2.95. The average molecular weight is 233 g/mol. The first kappa shape index (κ1) is 11.9. The first-order chi connectivity index (χ1) is 8.11. The van der Waals surface area contributed by atoms with Crippen LogP contribution in [0.1, 0.15) is 24.3 Å². The number of aryl methyl sites for hydroxylation is 1. The molecule has 2 rings (SSSR count). The molecular weight excluding hydrogens is 217 g/mol. The Balaban J connectivity index is 2.40. The maximum atomic E-state index is 13.2. The number of nitrogens with one attached hydrogen (secondary N) is 1. The highest BCUT2D eigenvalue weighted by Gasteiger charge is 2.11. The van der Waals surface area contributed by atoms with Crippen LogP contribution in [-0.2, 0) is 0 Å². The SMILES string of the molecule is CNC(C)c1ccc(-c2cc(F)ccc2C)o1. The Hall–Kier alpha value is -1.61. The van der Waals surface area contributed by atoms with E-state index in [9.17, 15) is 4.39 Å². The Bertz CT molecular complexity index is 519. The maximum absolute atomic E-state index is 13.2. The van der Waals surface area contributed by atoms with E-state index >= 15 is 0 Å². The molecule has 2 aromatic rings. The molecule has 0 spiro atoms. The molecule has 1 unspecified atom stereocenters. The quantitative estimate of drug-likeness (QED) is 0.875. The van der Waals surface area contributed by atoms with E-state index in [2.05, 4.69) is 5.32 Å². The van der Waals surface area contributed by atoms with Crippen LogP contribution in [0.15, 0.2) is 34.7 Å². The molecule has 0 fully saturated rings. The zero-order valence-corrected chi connectivity index (χ0v) is 10.3. The van der Waals surface area contributed by atoms with Gasteiger partial charge in [-0.15, -0.1) is 0 Å². The molecule has 1 heterocycles. The van der Waals surface area contributed by atoms with E-state index in [1.807, 2.05) is 33.0 Å². The van der Waals surface area contributed by atoms with Gasteiger partial charge in [0.1, 0.15) is 17.3 Å². The number of hydrogen-bond acceptors (Lipinski definition) is 2. The molecule has 90 valence electrons. The smallest absolute Gasteiger partial charge is 0.134 e. The fourth-order valence-electron chi connectivity index (χ4n) is 1.73. The van der Waals surface area contributed by atoms with Crippen molar-refractivity contribution in [1.29, 1.82) is 0 Å². The van der Waals surface area contributed by atoms with Gasteiger partial charge in [-0.05, 0) is 50.7 Å². The van der Waals surface area contributed by atoms with Crippen molar-refractivity contribution in [2.75, 3.05) is 7.05 Å². The summed E-state index contributed by atoms with van der Waals surface area (Å²) in [6.07, 6.45) is 0. The van der Waals surface area contributed by atoms with Gasteiger partial charge in [0.25, 0.3) is 0 Å². The molecule has 1 N–H and O–H groups in total. The molecular formula is C14H16FNO. The summed E-state index contributed by atoms with van der Waals surface area (Å²) in [6, 6.07) is 8.67. The Morgan fingerprint density at radius 2 is 2.00 bits per heavy atom. The first-order valence-corrected chi connectivity index (χ1v) is 5.65. The fraction of sp³-hybridized carbons (Fsp3) is 0.286. The normalized spacial score (nSPS) is 12.7. The lowest BCUT2D eigenvalue weighted by Gasteiger charge is -2.06. The first-order valence-electron chi connectivity index (χ1n) is 5.65. The molecule has 0 aliphatic carbocycles. The fourth-order valence-corrected chi connectivity index (χ4v) is 1.73. The molecule has 0 saturated carbocycles. The summed E-state index contributed by atoms with van der Waals surface area (Å²) < 4.78 is 18.9. The molecule has 0 aliphatic rings. The van der Waals surface area contributed by atoms with Crippen LogP contribution in [0.5, 0.6) is 0 Å². The average Bonchev–Trinajstić information content (AvgIpc) is 2.80. The Kier molecular flexibility index (Phi) is 3.29. The minimum Gasteiger partial charge on any atom is -0.459 e. The van der Waals surface area contributed by atoms with E-state index in [-0.39, 0.29) is 11.9 Å². The van der Waals surface area contributed by atoms with Gasteiger partial charge < -0.3 is 9.73 Å². The monoisotopic (exact) mass is 233 g/mol. The summed E-state index contributed by atoms with van der Waals surface area (Å²) >= 11 is 0. The van der Waals surface area contributed by atoms with Gasteiger partial charge in [0.15, 0.2) is 0 Å². The summed E-state index contributed by atoms with van der Waals surface area (Å²) in [5.74, 6) is 1.32. The van der Waals surface area contributed by atoms with E-state index < -0.39 is 0 Å². The highest BCUT2D eigenvalue weighted by Crippen LogP contribution is 2.28. The zero-order valence-electron chi connectivity index (χ0n) is 10.3. The second kappa shape index (κ2) is 4.72. The second-order valence-corrected chi connectivity index (χ2v) is 4.17. The lowest BCUT2D eigenvalue weighted by molar-refractivity contribution is 0.458. The van der Waals surface area contributed by atoms with E-state index in [0.29, 0.717) is 5.76 Å². The van der Waals surface area contributed by atoms with Crippen molar-refractivity contribution in [1.82, 2.24) is 5.32 Å². The van der Waals surface area contributed by atoms with E-state index in [1.54, 1.807) is 6.07 Å². The van der Waals surface area contributed by atoms with E-state index in [0.717, 1.165) is 16.9 Å². The topological polar surface area (TPSA) is 25.2 Å². The molecule has 1 aromatic carbocycles. The highest BCUT2D eigenvalue weighted by molar-refractivity contribution is 5.62. The Labute approximate surface area is 100 Å². The molecule has 0 radical (unpaired) electrons. The third kappa shape index (κ3) is 2.39. The Morgan fingerprint density at radius 3 is 2.71 bits per heavy atom. The zero-order chi connectivity index (χ0) is 12.4. The largest absolute Gasteiger partial charge is 0.459 e. The van der Waals surface area contributed by atoms with Crippen molar-refractivity contribution in [3.63, 3.8) is 0 Å². The summed E-state index contributed by atoms with van der Waals surface area (Å²) in [7, 11) is 1.88. The Morgan fingerprint density at radius 1 is 1.24 bits per heavy atom. The summed E-state index contributed by atoms with van der Waals surface area (Å²) in [6.45, 7) is 3.96. The van der Waals surface area contributed by atoms with Gasteiger partial charge in [-0.3, -0.25) is 0 Å². The van der Waals surface area contributed by atoms with Crippen molar-refractivity contribution in [3.8, 4) is 11.3 Å². The van der Waals surface area contributed by atoms with Gasteiger partial charge in [-0.2, -0.15) is 0 Å². The lowest BCUT2D eigenvalue weighted by Crippen LogP contribution is -2.11. The molecule has 0 saturated heterocycles. The minimum atomic E-state index is -0.245. The van der Waals surface area contributed by atoms with Crippen LogP contribution in [0.2, 0.25) is 0 Å². The van der Waals surface area contributed by atoms with Gasteiger partial charge in [0.05, 0.1) is 6.04 Å². The standard InChI is InChI=1S/C14H16FNO/c1-9-4-5-11(15)8-12(9)14-7-6-13(17-14)10(2)16-3/h4-8,10,16H,1-3H3. The van der Waals surface area contributed by atoms with Crippen molar-refractivity contribution in [3.05, 3.63) is 47.5 Å². The van der Waals surface area contributed by atoms with Crippen LogP contribution in [0.25, 0.3) is 11.3 Å². The van der Waals surface area contributed by atoms with Crippen molar-refractivity contribution >= 4 is 0 Å². The van der Waals surface area contributed by atoms with Crippen LogP contribution in [-0.4, -0.2) is 7.05 Å². The predicted octanol–water partition coefficient (Wildman–Crippen LogP) is 3.67. The van der Waals surface area contributed by atoms with Crippen molar-refractivity contribution in [2.24, 2.45) is 0 Å². The van der Waals surface area contributed by atoms with Gasteiger partial charge in [0.2, 0.25) is 0 Å². The molecule has 2 nitrogen and oxygen atoms in total. The summed E-state index contributed by atoms with van der Waals surface area (Å²) in [5.41, 5.74) is 1.81. The number of benzene rings is 1. The number of rotatable bonds is 3. The van der Waals surface area contributed by atoms with Crippen molar-refractivity contribution in [2.45, 2.75) is 19.9 Å². The second-order valence-electron chi connectivity index (χ2n) is 4.17. The van der Waals surface area contributed by atoms with Crippen LogP contribution < -0.4 is 5.32 Å². The molecule has 1 aromatic heterocycles. The van der Waals surface area contributed by atoms with Crippen molar-refractivity contribution < 1.29 is 8.81 Å². The number of furan rings is 1. The van der Waals surface area contributed by atoms with E-state index in [4.69, 9.17) is 4.42 Å². The molecule has 0 bridgehead atoms. The number of hydrogen-bond donors (Lipinski definition) is 1. The molecule has 0 aliphatic heterocycles. The van der Waals surface area contributed by atoms with Crippen LogP contribution in [0.4, 0.5) is 4.39 Å². The molecule has 0 amide bonds. The highest BCUT2D eigenvalue weighted by atomic mass is 19.1. The van der Waals surface area contributed by atoms with Gasteiger partial charge in [0, 0.05) is 5.56 Å². The molecule has 1 atom stereocenters. The molecule has 17 heavy (non-hydrogen) atoms. The van der Waals surface area contributed by atoms with Gasteiger partial charge in [-0.25, -0.2) is 4.39 Å².